The first kappa shape index (κ1) is 15.2. The normalized spacial score (nSPS) is 31.7. The molecule has 25 heavy (non-hydrogen) atoms. The van der Waals surface area contributed by atoms with Crippen LogP contribution in [-0.2, 0) is 0 Å². The van der Waals surface area contributed by atoms with Gasteiger partial charge in [-0.25, -0.2) is 13.7 Å². The lowest BCUT2D eigenvalue weighted by Gasteiger charge is -2.25. The van der Waals surface area contributed by atoms with E-state index in [1.165, 1.54) is 11.0 Å². The van der Waals surface area contributed by atoms with Gasteiger partial charge in [0.05, 0.1) is 6.04 Å². The Kier molecular flexibility index (Phi) is 3.50. The van der Waals surface area contributed by atoms with Crippen LogP contribution in [0.25, 0.3) is 16.3 Å². The SMILES string of the molecule is FC1C=C(c2cc(NC3CCNCC3)c3cnccc3c2)C2C(F)N12. The number of piperidine rings is 1. The zero-order valence-electron chi connectivity index (χ0n) is 13.8. The topological polar surface area (TPSA) is 40.0 Å². The van der Waals surface area contributed by atoms with Crippen molar-refractivity contribution in [1.29, 1.82) is 0 Å². The van der Waals surface area contributed by atoms with Crippen LogP contribution in [0.4, 0.5) is 14.5 Å². The first-order valence-electron chi connectivity index (χ1n) is 8.85. The summed E-state index contributed by atoms with van der Waals surface area (Å²) in [7, 11) is 0. The van der Waals surface area contributed by atoms with Gasteiger partial charge < -0.3 is 10.6 Å². The molecule has 4 unspecified atom stereocenters. The van der Waals surface area contributed by atoms with Crippen LogP contribution >= 0.6 is 0 Å². The second kappa shape index (κ2) is 5.75. The monoisotopic (exact) mass is 342 g/mol. The third-order valence-corrected chi connectivity index (χ3v) is 5.49. The molecule has 0 amide bonds. The molecule has 3 aliphatic heterocycles. The van der Waals surface area contributed by atoms with Crippen molar-refractivity contribution in [3.05, 3.63) is 42.2 Å². The van der Waals surface area contributed by atoms with Gasteiger partial charge in [0, 0.05) is 29.5 Å². The van der Waals surface area contributed by atoms with Gasteiger partial charge in [-0.15, -0.1) is 0 Å². The van der Waals surface area contributed by atoms with Crippen molar-refractivity contribution in [3.8, 4) is 0 Å². The Morgan fingerprint density at radius 1 is 1.20 bits per heavy atom. The Balaban J connectivity index is 1.55. The molecule has 0 spiro atoms. The molecule has 6 heteroatoms. The van der Waals surface area contributed by atoms with Gasteiger partial charge in [0.1, 0.15) is 0 Å². The van der Waals surface area contributed by atoms with Crippen molar-refractivity contribution in [3.63, 3.8) is 0 Å². The van der Waals surface area contributed by atoms with Crippen LogP contribution in [-0.4, -0.2) is 47.6 Å². The standard InChI is InChI=1S/C19H20F2N4/c20-17-9-14(18-19(21)25(17)18)12-7-11-1-4-23-10-15(11)16(8-12)24-13-2-5-22-6-3-13/h1,4,7-10,13,17-19,22,24H,2-3,5-6H2. The number of rotatable bonds is 3. The smallest absolute Gasteiger partial charge is 0.176 e. The second-order valence-electron chi connectivity index (χ2n) is 7.05. The largest absolute Gasteiger partial charge is 0.382 e. The number of benzene rings is 1. The summed E-state index contributed by atoms with van der Waals surface area (Å²) >= 11 is 0. The minimum atomic E-state index is -1.32. The summed E-state index contributed by atoms with van der Waals surface area (Å²) in [5.74, 6) is 0. The number of halogens is 2. The van der Waals surface area contributed by atoms with Gasteiger partial charge in [0.25, 0.3) is 0 Å². The van der Waals surface area contributed by atoms with E-state index in [2.05, 4.69) is 15.6 Å². The summed E-state index contributed by atoms with van der Waals surface area (Å²) in [5, 5.41) is 9.08. The van der Waals surface area contributed by atoms with Crippen molar-refractivity contribution in [2.75, 3.05) is 18.4 Å². The van der Waals surface area contributed by atoms with E-state index in [1.807, 2.05) is 24.4 Å². The number of alkyl halides is 2. The molecule has 2 N–H and O–H groups in total. The molecular weight excluding hydrogens is 322 g/mol. The van der Waals surface area contributed by atoms with E-state index >= 15 is 0 Å². The zero-order valence-corrected chi connectivity index (χ0v) is 13.8. The number of hydrogen-bond donors (Lipinski definition) is 2. The fraction of sp³-hybridized carbons (Fsp3) is 0.421. The van der Waals surface area contributed by atoms with Gasteiger partial charge in [0.2, 0.25) is 0 Å². The van der Waals surface area contributed by atoms with Crippen molar-refractivity contribution < 1.29 is 8.78 Å². The predicted molar refractivity (Wildman–Crippen MR) is 94.7 cm³/mol. The van der Waals surface area contributed by atoms with Crippen molar-refractivity contribution in [2.45, 2.75) is 37.5 Å². The molecule has 1 aromatic heterocycles. The quantitative estimate of drug-likeness (QED) is 0.664. The molecular formula is C19H20F2N4. The molecule has 130 valence electrons. The van der Waals surface area contributed by atoms with Crippen LogP contribution < -0.4 is 10.6 Å². The van der Waals surface area contributed by atoms with Crippen LogP contribution in [0.2, 0.25) is 0 Å². The maximum absolute atomic E-state index is 13.9. The number of anilines is 1. The first-order valence-corrected chi connectivity index (χ1v) is 8.85. The molecule has 3 aliphatic rings. The van der Waals surface area contributed by atoms with Crippen LogP contribution in [0.1, 0.15) is 18.4 Å². The summed E-state index contributed by atoms with van der Waals surface area (Å²) < 4.78 is 27.7. The molecule has 0 radical (unpaired) electrons. The summed E-state index contributed by atoms with van der Waals surface area (Å²) in [5.41, 5.74) is 2.65. The number of nitrogens with one attached hydrogen (secondary N) is 2. The highest BCUT2D eigenvalue weighted by Gasteiger charge is 2.58. The Morgan fingerprint density at radius 3 is 2.80 bits per heavy atom. The van der Waals surface area contributed by atoms with E-state index in [0.717, 1.165) is 53.5 Å². The zero-order chi connectivity index (χ0) is 17.0. The average Bonchev–Trinajstić information content (AvgIpc) is 3.16. The summed E-state index contributed by atoms with van der Waals surface area (Å²) in [6.07, 6.45) is 4.76. The summed E-state index contributed by atoms with van der Waals surface area (Å²) in [6.45, 7) is 2.01. The Labute approximate surface area is 144 Å². The van der Waals surface area contributed by atoms with E-state index in [4.69, 9.17) is 0 Å². The van der Waals surface area contributed by atoms with Crippen LogP contribution in [0.5, 0.6) is 0 Å². The molecule has 1 aromatic carbocycles. The Hall–Kier alpha value is -2.05. The maximum atomic E-state index is 13.9. The van der Waals surface area contributed by atoms with Gasteiger partial charge in [-0.1, -0.05) is 0 Å². The minimum Gasteiger partial charge on any atom is -0.382 e. The van der Waals surface area contributed by atoms with Crippen molar-refractivity contribution >= 4 is 22.0 Å². The van der Waals surface area contributed by atoms with Gasteiger partial charge in [0.15, 0.2) is 12.6 Å². The number of aromatic nitrogens is 1. The van der Waals surface area contributed by atoms with E-state index < -0.39 is 18.6 Å². The molecule has 0 aliphatic carbocycles. The molecule has 2 saturated heterocycles. The minimum absolute atomic E-state index is 0.401. The Bertz CT molecular complexity index is 846. The van der Waals surface area contributed by atoms with E-state index in [-0.39, 0.29) is 0 Å². The fourth-order valence-electron chi connectivity index (χ4n) is 4.09. The van der Waals surface area contributed by atoms with Gasteiger partial charge in [-0.3, -0.25) is 4.98 Å². The fourth-order valence-corrected chi connectivity index (χ4v) is 4.09. The highest BCUT2D eigenvalue weighted by atomic mass is 19.2. The lowest BCUT2D eigenvalue weighted by molar-refractivity contribution is 0.202. The molecule has 2 fully saturated rings. The predicted octanol–water partition coefficient (Wildman–Crippen LogP) is 3.07. The van der Waals surface area contributed by atoms with Crippen molar-refractivity contribution in [1.82, 2.24) is 15.2 Å². The van der Waals surface area contributed by atoms with Crippen LogP contribution in [0.15, 0.2) is 36.7 Å². The summed E-state index contributed by atoms with van der Waals surface area (Å²) in [4.78, 5) is 5.50. The second-order valence-corrected chi connectivity index (χ2v) is 7.05. The van der Waals surface area contributed by atoms with Gasteiger partial charge in [-0.2, -0.15) is 0 Å². The van der Waals surface area contributed by atoms with Gasteiger partial charge >= 0.3 is 0 Å². The lowest BCUT2D eigenvalue weighted by atomic mass is 9.97. The highest BCUT2D eigenvalue weighted by Crippen LogP contribution is 2.48. The first-order chi connectivity index (χ1) is 12.2. The lowest BCUT2D eigenvalue weighted by Crippen LogP contribution is -2.35. The molecule has 4 nitrogen and oxygen atoms in total. The Morgan fingerprint density at radius 2 is 2.04 bits per heavy atom. The molecule has 5 rings (SSSR count). The molecule has 0 bridgehead atoms. The molecule has 4 heterocycles. The summed E-state index contributed by atoms with van der Waals surface area (Å²) in [6, 6.07) is 5.96. The van der Waals surface area contributed by atoms with E-state index in [0.29, 0.717) is 6.04 Å². The average molecular weight is 342 g/mol. The van der Waals surface area contributed by atoms with Crippen molar-refractivity contribution in [2.24, 2.45) is 0 Å². The van der Waals surface area contributed by atoms with Crippen LogP contribution in [0, 0.1) is 0 Å². The highest BCUT2D eigenvalue weighted by molar-refractivity contribution is 5.97. The number of hydrogen-bond acceptors (Lipinski definition) is 4. The van der Waals surface area contributed by atoms with E-state index in [9.17, 15) is 8.78 Å². The third-order valence-electron chi connectivity index (χ3n) is 5.49. The van der Waals surface area contributed by atoms with Gasteiger partial charge in [-0.05, 0) is 66.7 Å². The number of nitrogens with zero attached hydrogens (tertiary/aromatic N) is 2. The molecule has 2 aromatic rings. The number of fused-ring (bicyclic) bond motifs is 2. The number of pyridine rings is 1. The third kappa shape index (κ3) is 2.51. The van der Waals surface area contributed by atoms with E-state index in [1.54, 1.807) is 6.20 Å². The van der Waals surface area contributed by atoms with Crippen LogP contribution in [0.3, 0.4) is 0 Å². The maximum Gasteiger partial charge on any atom is 0.176 e. The molecule has 4 atom stereocenters. The molecule has 0 saturated carbocycles.